The van der Waals surface area contributed by atoms with Crippen LogP contribution >= 0.6 is 31.7 Å². The van der Waals surface area contributed by atoms with Gasteiger partial charge in [0.15, 0.2) is 0 Å². The van der Waals surface area contributed by atoms with Crippen molar-refractivity contribution in [3.63, 3.8) is 0 Å². The molecule has 4 unspecified atom stereocenters. The molecule has 0 saturated carbocycles. The van der Waals surface area contributed by atoms with Crippen molar-refractivity contribution in [3.8, 4) is 0 Å². The second-order valence-electron chi connectivity index (χ2n) is 13.5. The predicted octanol–water partition coefficient (Wildman–Crippen LogP) is -89.5. The maximum absolute atomic E-state index is 8.49. The summed E-state index contributed by atoms with van der Waals surface area (Å²) in [5.41, 5.74) is 0. The van der Waals surface area contributed by atoms with Crippen molar-refractivity contribution < 1.29 is 667 Å². The quantitative estimate of drug-likeness (QED) is 0.161. The van der Waals surface area contributed by atoms with Gasteiger partial charge in [0.05, 0.1) is 0 Å². The molecule has 110 heteroatoms. The summed E-state index contributed by atoms with van der Waals surface area (Å²) in [5, 5.41) is 0. The van der Waals surface area contributed by atoms with E-state index < -0.39 is 205 Å². The van der Waals surface area contributed by atoms with E-state index >= 15 is 0 Å². The van der Waals surface area contributed by atoms with E-state index in [1.807, 2.05) is 0 Å². The van der Waals surface area contributed by atoms with Gasteiger partial charge in [-0.3, -0.25) is 0 Å². The molecule has 0 amide bonds. The minimum Gasteiger partial charge on any atom is -0.430 e. The molecule has 0 heterocycles. The zero-order valence-corrected chi connectivity index (χ0v) is 83.6. The Kier molecular flexibility index (Phi) is 155. The fraction of sp³-hybridized carbons (Fsp3) is 0.750. The Bertz CT molecular complexity index is 1400. The molecular formula is C16H36Cl20O82P4Tc4. The maximum Gasteiger partial charge on any atom is 6.00 e. The van der Waals surface area contributed by atoms with E-state index in [2.05, 4.69) is 81.0 Å². The first-order chi connectivity index (χ1) is 49.9. The van der Waals surface area contributed by atoms with Crippen molar-refractivity contribution in [1.29, 1.82) is 0 Å². The van der Waals surface area contributed by atoms with Crippen LogP contribution < -0.4 is 373 Å². The largest absolute Gasteiger partial charge is 6.00 e. The van der Waals surface area contributed by atoms with Crippen LogP contribution in [0.4, 0.5) is 0 Å². The fourth-order valence-corrected chi connectivity index (χ4v) is 2.60. The summed E-state index contributed by atoms with van der Waals surface area (Å²) in [6.07, 6.45) is 0. The van der Waals surface area contributed by atoms with E-state index in [0.717, 1.165) is 0 Å². The van der Waals surface area contributed by atoms with E-state index in [1.165, 1.54) is 0 Å². The van der Waals surface area contributed by atoms with E-state index in [-0.39, 0.29) is 135 Å². The first kappa shape index (κ1) is 202. The monoisotopic (exact) mass is 2750 g/mol. The van der Waals surface area contributed by atoms with Crippen LogP contribution in [0.1, 0.15) is 0 Å². The van der Waals surface area contributed by atoms with Crippen molar-refractivity contribution in [2.75, 3.05) is 53.3 Å². The van der Waals surface area contributed by atoms with E-state index in [1.54, 1.807) is 0 Å². The number of ether oxygens (including phenoxy) is 2. The van der Waals surface area contributed by atoms with Gasteiger partial charge in [-0.15, -0.1) is 237 Å². The van der Waals surface area contributed by atoms with Gasteiger partial charge in [-0.1, -0.05) is 0 Å². The Labute approximate surface area is 796 Å². The standard InChI is InChI=1S/2C8H18OP2.20ClHO4.4Tc/c2*1-7(10(3)4)9-8(2)11(5)6;20*2-1(3,4)5;;;;/h2*7-8H,1-2H2,3-6H3;20*(H,2,3,4,5);;;;/q2*-2;;;;;;;;;;;;;;;;;;;;;4*+6/p-20. The Morgan fingerprint density at radius 1 is 0.119 bits per heavy atom. The molecule has 82 nitrogen and oxygen atoms in total. The molecule has 0 aromatic heterocycles. The molecule has 0 aliphatic rings. The van der Waals surface area contributed by atoms with Gasteiger partial charge in [-0.05, 0) is 76.7 Å². The predicted molar refractivity (Wildman–Crippen MR) is 114 cm³/mol. The Balaban J connectivity index is -0.0000000348. The Morgan fingerprint density at radius 3 is 0.159 bits per heavy atom. The van der Waals surface area contributed by atoms with E-state index in [4.69, 9.17) is 382 Å². The molecule has 4 radical (unpaired) electrons. The normalized spacial score (nSPS) is 12.6. The summed E-state index contributed by atoms with van der Waals surface area (Å²) >= 11 is 0. The van der Waals surface area contributed by atoms with Crippen LogP contribution in [0.25, 0.3) is 0 Å². The third-order valence-electron chi connectivity index (χ3n) is 2.93. The van der Waals surface area contributed by atoms with Gasteiger partial charge >= 0.3 is 80.4 Å². The first-order valence-corrected chi connectivity index (χ1v) is 53.4. The van der Waals surface area contributed by atoms with Crippen LogP contribution in [0, 0.1) is 233 Å². The number of halogens is 20. The number of hydrogen-bond acceptors (Lipinski definition) is 82. The summed E-state index contributed by atoms with van der Waals surface area (Å²) in [6, 6.07) is 0. The van der Waals surface area contributed by atoms with Crippen molar-refractivity contribution in [2.45, 2.75) is 23.4 Å². The third kappa shape index (κ3) is 2320. The average Bonchev–Trinajstić information content (AvgIpc) is 3.17. The summed E-state index contributed by atoms with van der Waals surface area (Å²) in [5.74, 6) is 0.601. The van der Waals surface area contributed by atoms with Gasteiger partial charge in [0.2, 0.25) is 0 Å². The molecule has 4 atom stereocenters. The molecule has 126 heavy (non-hydrogen) atoms. The van der Waals surface area contributed by atoms with Gasteiger partial charge in [-0.2, -0.15) is 0 Å². The zero-order valence-electron chi connectivity index (χ0n) is 57.5. The van der Waals surface area contributed by atoms with Gasteiger partial charge in [-0.25, -0.2) is 373 Å². The van der Waals surface area contributed by atoms with Crippen LogP contribution in [0.5, 0.6) is 0 Å². The SMILES string of the molecule is [CH2-]C(OC([CH2-])P(C)C)P(C)C.[CH2-]C(OC([CH2-])P(C)C)P(C)C.[O-][Cl+3]([O-])([O-])[O-].[O-][Cl+3]([O-])([O-])[O-].[O-][Cl+3]([O-])([O-])[O-].[O-][Cl+3]([O-])([O-])[O-].[O-][Cl+3]([O-])([O-])[O-].[O-][Cl+3]([O-])([O-])[O-].[O-][Cl+3]([O-])([O-])[O-].[O-][Cl+3]([O-])([O-])[O-].[O-][Cl+3]([O-])([O-])[O-].[O-][Cl+3]([O-])([O-])[O-].[O-][Cl+3]([O-])([O-])[O-].[O-][Cl+3]([O-])([O-])[O-].[O-][Cl+3]([O-])([O-])[O-].[O-][Cl+3]([O-])([O-])[O-].[O-][Cl+3]([O-])([O-])[O-].[O-][Cl+3]([O-])([O-])[O-].[O-][Cl+3]([O-])([O-])[O-].[O-][Cl+3]([O-])([O-])[O-].[O-][Cl+3]([O-])([O-])[O-].[O-][Cl+3]([O-])([O-])[O-].[Tc+6].[Tc+6].[Tc+6].[Tc+6]. The molecule has 0 aliphatic heterocycles. The molecule has 0 aliphatic carbocycles. The molecule has 0 bridgehead atoms. The fourth-order valence-electron chi connectivity index (χ4n) is 0.850. The van der Waals surface area contributed by atoms with Crippen LogP contribution in [0.2, 0.25) is 0 Å². The van der Waals surface area contributed by atoms with Crippen LogP contribution in [-0.4, -0.2) is 76.7 Å². The molecule has 0 saturated heterocycles. The van der Waals surface area contributed by atoms with E-state index in [0.29, 0.717) is 0 Å². The van der Waals surface area contributed by atoms with Crippen molar-refractivity contribution in [3.05, 3.63) is 27.7 Å². The molecule has 0 fully saturated rings. The van der Waals surface area contributed by atoms with Crippen LogP contribution in [-0.2, 0) is 89.9 Å². The molecule has 780 valence electrons. The second-order valence-corrected chi connectivity index (χ2v) is 38.6. The first-order valence-electron chi connectivity index (χ1n) is 19.5. The minimum atomic E-state index is -4.94. The molecule has 0 N–H and O–H groups in total. The van der Waals surface area contributed by atoms with Crippen molar-refractivity contribution in [1.82, 2.24) is 0 Å². The average molecular weight is 2770 g/mol. The summed E-state index contributed by atoms with van der Waals surface area (Å²) in [7, 11) is -99.2. The topological polar surface area (TPSA) is 1860 Å². The minimum absolute atomic E-state index is 0. The second kappa shape index (κ2) is 96.6. The number of hydrogen-bond donors (Lipinski definition) is 0. The summed E-state index contributed by atoms with van der Waals surface area (Å²) in [6.45, 7) is 33.1. The van der Waals surface area contributed by atoms with Gasteiger partial charge in [0.25, 0.3) is 0 Å². The molecule has 0 aromatic rings. The maximum atomic E-state index is 8.49. The van der Waals surface area contributed by atoms with Crippen molar-refractivity contribution >= 4 is 31.7 Å². The molecular weight excluding hydrogens is 2730 g/mol. The van der Waals surface area contributed by atoms with Gasteiger partial charge in [0, 0.05) is 0 Å². The van der Waals surface area contributed by atoms with Crippen molar-refractivity contribution in [2.24, 2.45) is 0 Å². The van der Waals surface area contributed by atoms with E-state index in [9.17, 15) is 0 Å². The smallest absolute Gasteiger partial charge is 0.430 e. The van der Waals surface area contributed by atoms with Crippen LogP contribution in [0.15, 0.2) is 0 Å². The third-order valence-corrected chi connectivity index (χ3v) is 8.03. The molecule has 0 rings (SSSR count). The summed E-state index contributed by atoms with van der Waals surface area (Å²) in [4.78, 5) is 0. The van der Waals surface area contributed by atoms with Gasteiger partial charge < -0.3 is 37.2 Å². The Hall–Kier alpha value is 6.84. The molecule has 0 spiro atoms. The van der Waals surface area contributed by atoms with Crippen LogP contribution in [0.3, 0.4) is 0 Å². The summed E-state index contributed by atoms with van der Waals surface area (Å²) < 4.78 is 691. The zero-order chi connectivity index (χ0) is 108. The molecule has 0 aromatic carbocycles. The number of rotatable bonds is 8. The van der Waals surface area contributed by atoms with Gasteiger partial charge in [0.1, 0.15) is 0 Å². The Morgan fingerprint density at radius 2 is 0.143 bits per heavy atom.